The molecule has 3 aromatic rings. The van der Waals surface area contributed by atoms with Crippen LogP contribution in [0.5, 0.6) is 0 Å². The normalized spacial score (nSPS) is 17.6. The van der Waals surface area contributed by atoms with Gasteiger partial charge in [-0.3, -0.25) is 4.99 Å². The van der Waals surface area contributed by atoms with Crippen molar-refractivity contribution in [1.82, 2.24) is 4.68 Å². The average Bonchev–Trinajstić information content (AvgIpc) is 3.36. The van der Waals surface area contributed by atoms with Crippen molar-refractivity contribution in [3.8, 4) is 11.3 Å². The van der Waals surface area contributed by atoms with Gasteiger partial charge in [0.1, 0.15) is 5.82 Å². The Morgan fingerprint density at radius 2 is 1.96 bits per heavy atom. The van der Waals surface area contributed by atoms with Gasteiger partial charge in [-0.15, -0.1) is 11.3 Å². The molecule has 4 rings (SSSR count). The Hall–Kier alpha value is -2.57. The Bertz CT molecular complexity index is 1010. The molecule has 0 radical (unpaired) electrons. The molecule has 1 aromatic heterocycles. The lowest BCUT2D eigenvalue weighted by molar-refractivity contribution is 0.117. The van der Waals surface area contributed by atoms with E-state index in [2.05, 4.69) is 24.2 Å². The van der Waals surface area contributed by atoms with Crippen molar-refractivity contribution >= 4 is 17.6 Å². The van der Waals surface area contributed by atoms with E-state index in [0.717, 1.165) is 41.1 Å². The van der Waals surface area contributed by atoms with Crippen LogP contribution in [0.2, 0.25) is 0 Å². The summed E-state index contributed by atoms with van der Waals surface area (Å²) < 4.78 is 20.8. The predicted molar refractivity (Wildman–Crippen MR) is 111 cm³/mol. The quantitative estimate of drug-likeness (QED) is 0.581. The van der Waals surface area contributed by atoms with Gasteiger partial charge in [-0.25, -0.2) is 9.07 Å². The molecule has 0 spiro atoms. The number of hydrogen-bond acceptors (Lipinski definition) is 4. The number of hydrogen-bond donors (Lipinski definition) is 0. The number of aryl methyl sites for hydroxylation is 1. The van der Waals surface area contributed by atoms with Gasteiger partial charge in [-0.1, -0.05) is 29.8 Å². The third kappa shape index (κ3) is 4.46. The Balaban J connectivity index is 1.70. The molecule has 0 aliphatic carbocycles. The summed E-state index contributed by atoms with van der Waals surface area (Å²) in [4.78, 5) is 5.55. The number of thiazole rings is 1. The number of halogens is 1. The molecular formula is C22H22FN3OS. The standard InChI is InChI=1S/C22H22FN3OS/c1-16-4-6-17(7-5-16)13-25-26-21(18-8-10-19(23)11-9-18)15-28-22(26)24-14-20-3-2-12-27-20/h4-11,13,15,20H,2-3,12,14H2,1H3/b24-22?,25-13-/t20-/m1/s1. The summed E-state index contributed by atoms with van der Waals surface area (Å²) in [5.41, 5.74) is 4.01. The first kappa shape index (κ1) is 18.8. The van der Waals surface area contributed by atoms with Gasteiger partial charge in [0.2, 0.25) is 4.80 Å². The summed E-state index contributed by atoms with van der Waals surface area (Å²) in [7, 11) is 0. The monoisotopic (exact) mass is 395 g/mol. The zero-order chi connectivity index (χ0) is 19.3. The highest BCUT2D eigenvalue weighted by Gasteiger charge is 2.15. The molecule has 1 aliphatic heterocycles. The van der Waals surface area contributed by atoms with Crippen LogP contribution in [0.4, 0.5) is 4.39 Å². The minimum atomic E-state index is -0.253. The minimum Gasteiger partial charge on any atom is -0.376 e. The first-order valence-electron chi connectivity index (χ1n) is 9.39. The lowest BCUT2D eigenvalue weighted by Crippen LogP contribution is -2.17. The molecule has 2 heterocycles. The van der Waals surface area contributed by atoms with Crippen LogP contribution in [-0.4, -0.2) is 30.1 Å². The van der Waals surface area contributed by atoms with Gasteiger partial charge in [-0.05, 0) is 49.6 Å². The highest BCUT2D eigenvalue weighted by molar-refractivity contribution is 7.07. The van der Waals surface area contributed by atoms with E-state index in [4.69, 9.17) is 9.73 Å². The van der Waals surface area contributed by atoms with Gasteiger partial charge >= 0.3 is 0 Å². The Morgan fingerprint density at radius 1 is 1.18 bits per heavy atom. The fourth-order valence-corrected chi connectivity index (χ4v) is 3.93. The molecule has 1 saturated heterocycles. The Kier molecular flexibility index (Phi) is 5.78. The zero-order valence-corrected chi connectivity index (χ0v) is 16.5. The van der Waals surface area contributed by atoms with Crippen molar-refractivity contribution < 1.29 is 9.13 Å². The number of ether oxygens (including phenoxy) is 1. The molecule has 6 heteroatoms. The number of aromatic nitrogens is 1. The average molecular weight is 396 g/mol. The summed E-state index contributed by atoms with van der Waals surface area (Å²) in [6, 6.07) is 14.6. The molecule has 0 unspecified atom stereocenters. The van der Waals surface area contributed by atoms with Gasteiger partial charge in [0.05, 0.1) is 24.6 Å². The summed E-state index contributed by atoms with van der Waals surface area (Å²) in [5.74, 6) is -0.253. The molecule has 1 fully saturated rings. The molecular weight excluding hydrogens is 373 g/mol. The second-order valence-corrected chi connectivity index (χ2v) is 7.69. The summed E-state index contributed by atoms with van der Waals surface area (Å²) >= 11 is 1.53. The molecule has 0 N–H and O–H groups in total. The lowest BCUT2D eigenvalue weighted by atomic mass is 10.2. The van der Waals surface area contributed by atoms with Crippen molar-refractivity contribution in [2.45, 2.75) is 25.9 Å². The molecule has 2 aromatic carbocycles. The van der Waals surface area contributed by atoms with E-state index in [0.29, 0.717) is 6.54 Å². The van der Waals surface area contributed by atoms with Crippen molar-refractivity contribution in [2.24, 2.45) is 10.1 Å². The minimum absolute atomic E-state index is 0.186. The van der Waals surface area contributed by atoms with E-state index in [-0.39, 0.29) is 11.9 Å². The molecule has 0 bridgehead atoms. The van der Waals surface area contributed by atoms with E-state index < -0.39 is 0 Å². The maximum Gasteiger partial charge on any atom is 0.206 e. The molecule has 1 atom stereocenters. The largest absolute Gasteiger partial charge is 0.376 e. The second-order valence-electron chi connectivity index (χ2n) is 6.85. The van der Waals surface area contributed by atoms with Gasteiger partial charge in [0.25, 0.3) is 0 Å². The van der Waals surface area contributed by atoms with Crippen LogP contribution in [0.25, 0.3) is 11.3 Å². The van der Waals surface area contributed by atoms with E-state index >= 15 is 0 Å². The predicted octanol–water partition coefficient (Wildman–Crippen LogP) is 4.63. The molecule has 0 amide bonds. The fourth-order valence-electron chi connectivity index (χ4n) is 3.08. The van der Waals surface area contributed by atoms with Crippen LogP contribution in [0.3, 0.4) is 0 Å². The van der Waals surface area contributed by atoms with Crippen LogP contribution < -0.4 is 4.80 Å². The summed E-state index contributed by atoms with van der Waals surface area (Å²) in [6.07, 6.45) is 4.15. The third-order valence-corrected chi connectivity index (χ3v) is 5.53. The molecule has 144 valence electrons. The number of benzene rings is 2. The van der Waals surface area contributed by atoms with Gasteiger partial charge in [-0.2, -0.15) is 5.10 Å². The smallest absolute Gasteiger partial charge is 0.206 e. The van der Waals surface area contributed by atoms with E-state index in [1.807, 2.05) is 28.4 Å². The summed E-state index contributed by atoms with van der Waals surface area (Å²) in [5, 5.41) is 6.69. The van der Waals surface area contributed by atoms with Crippen molar-refractivity contribution in [1.29, 1.82) is 0 Å². The highest BCUT2D eigenvalue weighted by atomic mass is 32.1. The van der Waals surface area contributed by atoms with Crippen molar-refractivity contribution in [2.75, 3.05) is 13.2 Å². The fraction of sp³-hybridized carbons (Fsp3) is 0.273. The highest BCUT2D eigenvalue weighted by Crippen LogP contribution is 2.21. The van der Waals surface area contributed by atoms with Crippen LogP contribution >= 0.6 is 11.3 Å². The van der Waals surface area contributed by atoms with Gasteiger partial charge < -0.3 is 4.74 Å². The lowest BCUT2D eigenvalue weighted by Gasteiger charge is -2.06. The third-order valence-electron chi connectivity index (χ3n) is 4.68. The molecule has 28 heavy (non-hydrogen) atoms. The van der Waals surface area contributed by atoms with Crippen molar-refractivity contribution in [3.63, 3.8) is 0 Å². The first-order chi connectivity index (χ1) is 13.7. The summed E-state index contributed by atoms with van der Waals surface area (Å²) in [6.45, 7) is 3.50. The zero-order valence-electron chi connectivity index (χ0n) is 15.7. The topological polar surface area (TPSA) is 38.9 Å². The molecule has 0 saturated carbocycles. The Morgan fingerprint density at radius 3 is 2.68 bits per heavy atom. The van der Waals surface area contributed by atoms with Crippen LogP contribution in [-0.2, 0) is 4.74 Å². The van der Waals surface area contributed by atoms with E-state index in [1.165, 1.54) is 29.0 Å². The first-order valence-corrected chi connectivity index (χ1v) is 10.3. The van der Waals surface area contributed by atoms with Crippen LogP contribution in [0.1, 0.15) is 24.0 Å². The molecule has 1 aliphatic rings. The maximum absolute atomic E-state index is 13.3. The van der Waals surface area contributed by atoms with Crippen LogP contribution in [0, 0.1) is 12.7 Å². The molecule has 4 nitrogen and oxygen atoms in total. The van der Waals surface area contributed by atoms with Gasteiger partial charge in [0, 0.05) is 17.6 Å². The second kappa shape index (κ2) is 8.63. The number of rotatable bonds is 5. The number of nitrogens with zero attached hydrogens (tertiary/aromatic N) is 3. The maximum atomic E-state index is 13.3. The van der Waals surface area contributed by atoms with Gasteiger partial charge in [0.15, 0.2) is 0 Å². The van der Waals surface area contributed by atoms with Crippen LogP contribution in [0.15, 0.2) is 64.0 Å². The van der Waals surface area contributed by atoms with Crippen molar-refractivity contribution in [3.05, 3.63) is 75.7 Å². The Labute approximate surface area is 167 Å². The SMILES string of the molecule is Cc1ccc(/C=N\n2c(-c3ccc(F)cc3)csc2=NC[C@H]2CCCO2)cc1. The van der Waals surface area contributed by atoms with E-state index in [1.54, 1.807) is 12.1 Å². The van der Waals surface area contributed by atoms with E-state index in [9.17, 15) is 4.39 Å².